The summed E-state index contributed by atoms with van der Waals surface area (Å²) in [5.74, 6) is 0.508. The Morgan fingerprint density at radius 1 is 1.06 bits per heavy atom. The molecule has 1 amide bonds. The zero-order chi connectivity index (χ0) is 22.9. The Bertz CT molecular complexity index is 1120. The zero-order valence-corrected chi connectivity index (χ0v) is 18.3. The van der Waals surface area contributed by atoms with Crippen molar-refractivity contribution >= 4 is 5.91 Å². The molecular weight excluding hydrogens is 398 g/mol. The predicted molar refractivity (Wildman–Crippen MR) is 127 cm³/mol. The highest BCUT2D eigenvalue weighted by Gasteiger charge is 2.55. The van der Waals surface area contributed by atoms with Gasteiger partial charge in [0.25, 0.3) is 5.91 Å². The molecule has 1 aliphatic heterocycles. The highest BCUT2D eigenvalue weighted by Crippen LogP contribution is 2.54. The molecule has 1 atom stereocenters. The first kappa shape index (κ1) is 21.4. The van der Waals surface area contributed by atoms with Crippen LogP contribution in [-0.2, 0) is 10.3 Å². The predicted octanol–water partition coefficient (Wildman–Crippen LogP) is 5.72. The zero-order valence-electron chi connectivity index (χ0n) is 18.3. The molecule has 0 saturated carbocycles. The first-order chi connectivity index (χ1) is 15.4. The summed E-state index contributed by atoms with van der Waals surface area (Å²) < 4.78 is 0. The molecule has 2 aromatic rings. The van der Waals surface area contributed by atoms with Crippen molar-refractivity contribution in [2.24, 2.45) is 5.92 Å². The van der Waals surface area contributed by atoms with Crippen molar-refractivity contribution in [2.45, 2.75) is 25.8 Å². The van der Waals surface area contributed by atoms with Crippen LogP contribution in [0.15, 0.2) is 108 Å². The van der Waals surface area contributed by atoms with E-state index in [4.69, 9.17) is 0 Å². The summed E-state index contributed by atoms with van der Waals surface area (Å²) >= 11 is 0. The van der Waals surface area contributed by atoms with E-state index in [1.807, 2.05) is 60.4 Å². The van der Waals surface area contributed by atoms with Gasteiger partial charge in [0, 0.05) is 11.3 Å². The van der Waals surface area contributed by atoms with E-state index in [-0.39, 0.29) is 23.3 Å². The fourth-order valence-electron chi connectivity index (χ4n) is 4.69. The Labute approximate surface area is 188 Å². The van der Waals surface area contributed by atoms with Crippen LogP contribution in [0.4, 0.5) is 0 Å². The number of rotatable bonds is 5. The maximum atomic E-state index is 13.9. The minimum atomic E-state index is -0.952. The number of allylic oxidation sites excluding steroid dienone is 6. The lowest BCUT2D eigenvalue weighted by molar-refractivity contribution is -0.125. The number of fused-ring (bicyclic) bond motifs is 1. The van der Waals surface area contributed by atoms with E-state index in [1.165, 1.54) is 0 Å². The largest absolute Gasteiger partial charge is 0.508 e. The standard InChI is InChI=1S/C28H27NO3/c1-4-6-7-22(5-2)29-27(32)25-17-8-19(3)18-26(25)28(29,20-9-13-23(30)14-10-20)21-11-15-24(31)16-12-21/h4-7,9-19,30-31H,1,8H2,2-3H3/b7-6-,22-5+. The molecule has 4 heteroatoms. The van der Waals surface area contributed by atoms with Crippen LogP contribution in [0.1, 0.15) is 31.4 Å². The van der Waals surface area contributed by atoms with Crippen LogP contribution in [0, 0.1) is 5.92 Å². The summed E-state index contributed by atoms with van der Waals surface area (Å²) in [6.07, 6.45) is 12.3. The molecule has 1 heterocycles. The molecule has 0 bridgehead atoms. The molecular formula is C28H27NO3. The lowest BCUT2D eigenvalue weighted by atomic mass is 9.73. The topological polar surface area (TPSA) is 60.8 Å². The van der Waals surface area contributed by atoms with Gasteiger partial charge in [-0.25, -0.2) is 0 Å². The molecule has 1 fully saturated rings. The van der Waals surface area contributed by atoms with Crippen molar-refractivity contribution in [3.05, 3.63) is 120 Å². The molecule has 2 aliphatic rings. The second kappa shape index (κ2) is 8.39. The SMILES string of the molecule is C=C/C=C\C(=C/C)N1C(=O)C2=CCC(C)C=C2C1(c1ccc(O)cc1)c1ccc(O)cc1. The third-order valence-corrected chi connectivity index (χ3v) is 6.12. The fourth-order valence-corrected chi connectivity index (χ4v) is 4.69. The van der Waals surface area contributed by atoms with Crippen LogP contribution >= 0.6 is 0 Å². The molecule has 0 aromatic heterocycles. The fraction of sp³-hybridized carbons (Fsp3) is 0.179. The van der Waals surface area contributed by atoms with E-state index in [2.05, 4.69) is 19.6 Å². The quantitative estimate of drug-likeness (QED) is 0.602. The van der Waals surface area contributed by atoms with Gasteiger partial charge < -0.3 is 10.2 Å². The second-order valence-electron chi connectivity index (χ2n) is 8.16. The first-order valence-corrected chi connectivity index (χ1v) is 10.7. The second-order valence-corrected chi connectivity index (χ2v) is 8.16. The Morgan fingerprint density at radius 2 is 1.62 bits per heavy atom. The summed E-state index contributed by atoms with van der Waals surface area (Å²) in [6.45, 7) is 7.81. The van der Waals surface area contributed by atoms with Gasteiger partial charge in [-0.1, -0.05) is 68.1 Å². The van der Waals surface area contributed by atoms with Crippen LogP contribution < -0.4 is 0 Å². The summed E-state index contributed by atoms with van der Waals surface area (Å²) in [6, 6.07) is 14.0. The van der Waals surface area contributed by atoms with Gasteiger partial charge in [0.15, 0.2) is 0 Å². The Hall–Kier alpha value is -3.79. The van der Waals surface area contributed by atoms with Crippen LogP contribution in [0.2, 0.25) is 0 Å². The summed E-state index contributed by atoms with van der Waals surface area (Å²) in [5.41, 5.74) is 3.10. The van der Waals surface area contributed by atoms with Gasteiger partial charge in [0.2, 0.25) is 0 Å². The summed E-state index contributed by atoms with van der Waals surface area (Å²) in [7, 11) is 0. The smallest absolute Gasteiger partial charge is 0.259 e. The van der Waals surface area contributed by atoms with E-state index in [0.717, 1.165) is 28.8 Å². The third-order valence-electron chi connectivity index (χ3n) is 6.12. The van der Waals surface area contributed by atoms with E-state index in [1.54, 1.807) is 30.3 Å². The average molecular weight is 426 g/mol. The highest BCUT2D eigenvalue weighted by molar-refractivity contribution is 6.06. The van der Waals surface area contributed by atoms with E-state index in [9.17, 15) is 15.0 Å². The highest BCUT2D eigenvalue weighted by atomic mass is 16.3. The number of carbonyl (C=O) groups excluding carboxylic acids is 1. The summed E-state index contributed by atoms with van der Waals surface area (Å²) in [5, 5.41) is 20.0. The molecule has 2 N–H and O–H groups in total. The van der Waals surface area contributed by atoms with Crippen LogP contribution in [-0.4, -0.2) is 21.0 Å². The van der Waals surface area contributed by atoms with Gasteiger partial charge in [-0.15, -0.1) is 0 Å². The molecule has 0 radical (unpaired) electrons. The lowest BCUT2D eigenvalue weighted by Crippen LogP contribution is -2.44. The molecule has 162 valence electrons. The number of phenolic OH excluding ortho intramolecular Hbond substituents is 2. The van der Waals surface area contributed by atoms with E-state index >= 15 is 0 Å². The number of hydrogen-bond acceptors (Lipinski definition) is 3. The van der Waals surface area contributed by atoms with Crippen LogP contribution in [0.3, 0.4) is 0 Å². The van der Waals surface area contributed by atoms with Crippen LogP contribution in [0.25, 0.3) is 0 Å². The van der Waals surface area contributed by atoms with E-state index in [0.29, 0.717) is 5.57 Å². The minimum Gasteiger partial charge on any atom is -0.508 e. The molecule has 4 rings (SSSR count). The van der Waals surface area contributed by atoms with Crippen molar-refractivity contribution in [1.82, 2.24) is 4.90 Å². The van der Waals surface area contributed by atoms with Crippen molar-refractivity contribution < 1.29 is 15.0 Å². The summed E-state index contributed by atoms with van der Waals surface area (Å²) in [4.78, 5) is 15.7. The van der Waals surface area contributed by atoms with Crippen molar-refractivity contribution in [3.8, 4) is 11.5 Å². The number of amides is 1. The normalized spacial score (nSPS) is 20.2. The number of benzene rings is 2. The number of nitrogens with zero attached hydrogens (tertiary/aromatic N) is 1. The van der Waals surface area contributed by atoms with Gasteiger partial charge in [-0.05, 0) is 66.3 Å². The number of phenols is 2. The van der Waals surface area contributed by atoms with Crippen molar-refractivity contribution in [2.75, 3.05) is 0 Å². The lowest BCUT2D eigenvalue weighted by Gasteiger charge is -2.41. The van der Waals surface area contributed by atoms with Gasteiger partial charge in [-0.2, -0.15) is 0 Å². The Balaban J connectivity index is 2.13. The first-order valence-electron chi connectivity index (χ1n) is 10.7. The molecule has 4 nitrogen and oxygen atoms in total. The average Bonchev–Trinajstić information content (AvgIpc) is 3.04. The maximum Gasteiger partial charge on any atom is 0.259 e. The third kappa shape index (κ3) is 3.28. The van der Waals surface area contributed by atoms with Crippen LogP contribution in [0.5, 0.6) is 11.5 Å². The minimum absolute atomic E-state index is 0.0777. The maximum absolute atomic E-state index is 13.9. The van der Waals surface area contributed by atoms with Gasteiger partial charge >= 0.3 is 0 Å². The van der Waals surface area contributed by atoms with Gasteiger partial charge in [-0.3, -0.25) is 9.69 Å². The molecule has 1 saturated heterocycles. The number of aromatic hydroxyl groups is 2. The van der Waals surface area contributed by atoms with Gasteiger partial charge in [0.05, 0.1) is 0 Å². The molecule has 0 spiro atoms. The molecule has 32 heavy (non-hydrogen) atoms. The van der Waals surface area contributed by atoms with Gasteiger partial charge in [0.1, 0.15) is 17.0 Å². The number of likely N-dealkylation sites (tertiary alicyclic amines) is 1. The number of hydrogen-bond donors (Lipinski definition) is 2. The molecule has 1 aliphatic carbocycles. The number of carbonyl (C=O) groups is 1. The molecule has 1 unspecified atom stereocenters. The van der Waals surface area contributed by atoms with E-state index < -0.39 is 5.54 Å². The monoisotopic (exact) mass is 425 g/mol. The Morgan fingerprint density at radius 3 is 2.12 bits per heavy atom. The molecule has 2 aromatic carbocycles. The van der Waals surface area contributed by atoms with Crippen molar-refractivity contribution in [1.29, 1.82) is 0 Å². The Kier molecular flexibility index (Phi) is 5.62. The van der Waals surface area contributed by atoms with Crippen molar-refractivity contribution in [3.63, 3.8) is 0 Å².